The van der Waals surface area contributed by atoms with Crippen LogP contribution in [0.3, 0.4) is 0 Å². The van der Waals surface area contributed by atoms with Crippen LogP contribution in [0.15, 0.2) is 42.5 Å². The van der Waals surface area contributed by atoms with E-state index in [0.29, 0.717) is 42.1 Å². The molecule has 7 nitrogen and oxygen atoms in total. The average Bonchev–Trinajstić information content (AvgIpc) is 2.90. The number of hydrogen-bond donors (Lipinski definition) is 2. The predicted octanol–water partition coefficient (Wildman–Crippen LogP) is 5.62. The standard InChI is InChI=1S/C30H44Cl2N2O5/c1-20(2)22(15-21-11-12-27(38-6)28(16-21)39-14-8-13-37-5)17-25(33)26(35)19-34(32)29(36)30(3,4)23-9-7-10-24(31)18-23/h7,9-12,16,18,20,22,25-26,35H,8,13-15,17,19,33H2,1-6H3/t22-,25-,26-/m0/s1. The molecule has 2 rings (SSSR count). The Morgan fingerprint density at radius 3 is 2.44 bits per heavy atom. The number of rotatable bonds is 16. The van der Waals surface area contributed by atoms with Crippen LogP contribution in [-0.4, -0.2) is 61.6 Å². The van der Waals surface area contributed by atoms with Crippen LogP contribution >= 0.6 is 23.4 Å². The van der Waals surface area contributed by atoms with E-state index in [-0.39, 0.29) is 18.4 Å². The number of halogens is 2. The van der Waals surface area contributed by atoms with Crippen molar-refractivity contribution in [1.29, 1.82) is 0 Å². The molecule has 3 N–H and O–H groups in total. The van der Waals surface area contributed by atoms with E-state index in [0.717, 1.165) is 28.4 Å². The molecule has 0 saturated carbocycles. The molecule has 0 heterocycles. The van der Waals surface area contributed by atoms with Crippen molar-refractivity contribution in [3.05, 3.63) is 58.6 Å². The highest BCUT2D eigenvalue weighted by Crippen LogP contribution is 2.32. The highest BCUT2D eigenvalue weighted by atomic mass is 35.5. The lowest BCUT2D eigenvalue weighted by atomic mass is 9.82. The summed E-state index contributed by atoms with van der Waals surface area (Å²) in [4.78, 5) is 13.2. The fourth-order valence-corrected chi connectivity index (χ4v) is 4.98. The van der Waals surface area contributed by atoms with Crippen molar-refractivity contribution in [2.24, 2.45) is 17.6 Å². The maximum absolute atomic E-state index is 13.2. The molecule has 9 heteroatoms. The third-order valence-corrected chi connectivity index (χ3v) is 7.66. The Labute approximate surface area is 243 Å². The molecular formula is C30H44Cl2N2O5. The van der Waals surface area contributed by atoms with Gasteiger partial charge in [-0.2, -0.15) is 0 Å². The second-order valence-electron chi connectivity index (χ2n) is 10.8. The molecule has 0 bridgehead atoms. The summed E-state index contributed by atoms with van der Waals surface area (Å²) in [6.07, 6.45) is 1.10. The van der Waals surface area contributed by atoms with Gasteiger partial charge in [0.15, 0.2) is 11.5 Å². The van der Waals surface area contributed by atoms with Gasteiger partial charge < -0.3 is 25.1 Å². The van der Waals surface area contributed by atoms with E-state index in [9.17, 15) is 9.90 Å². The van der Waals surface area contributed by atoms with Gasteiger partial charge >= 0.3 is 0 Å². The maximum Gasteiger partial charge on any atom is 0.247 e. The number of aliphatic hydroxyl groups is 1. The van der Waals surface area contributed by atoms with Crippen molar-refractivity contribution in [3.63, 3.8) is 0 Å². The van der Waals surface area contributed by atoms with Crippen molar-refractivity contribution in [2.75, 3.05) is 34.0 Å². The first-order valence-electron chi connectivity index (χ1n) is 13.4. The van der Waals surface area contributed by atoms with Gasteiger partial charge in [0.05, 0.1) is 31.8 Å². The minimum Gasteiger partial charge on any atom is -0.493 e. The number of hydrogen-bond acceptors (Lipinski definition) is 6. The smallest absolute Gasteiger partial charge is 0.247 e. The van der Waals surface area contributed by atoms with Crippen LogP contribution in [-0.2, 0) is 21.4 Å². The molecule has 39 heavy (non-hydrogen) atoms. The highest BCUT2D eigenvalue weighted by molar-refractivity contribution is 6.30. The molecule has 1 amide bonds. The third kappa shape index (κ3) is 9.83. The molecule has 0 radical (unpaired) electrons. The number of ether oxygens (including phenoxy) is 3. The van der Waals surface area contributed by atoms with Crippen molar-refractivity contribution in [2.45, 2.75) is 64.5 Å². The summed E-state index contributed by atoms with van der Waals surface area (Å²) in [6.45, 7) is 8.91. The van der Waals surface area contributed by atoms with Crippen LogP contribution in [0.4, 0.5) is 0 Å². The first kappa shape index (κ1) is 33.2. The van der Waals surface area contributed by atoms with E-state index in [2.05, 4.69) is 13.8 Å². The Morgan fingerprint density at radius 1 is 1.10 bits per heavy atom. The monoisotopic (exact) mass is 582 g/mol. The van der Waals surface area contributed by atoms with Gasteiger partial charge in [-0.15, -0.1) is 0 Å². The van der Waals surface area contributed by atoms with Crippen LogP contribution in [0.5, 0.6) is 11.5 Å². The van der Waals surface area contributed by atoms with E-state index < -0.39 is 17.6 Å². The lowest BCUT2D eigenvalue weighted by Crippen LogP contribution is -2.47. The number of carbonyl (C=O) groups is 1. The minimum atomic E-state index is -0.988. The summed E-state index contributed by atoms with van der Waals surface area (Å²) in [7, 11) is 3.29. The van der Waals surface area contributed by atoms with Gasteiger partial charge in [-0.25, -0.2) is 0 Å². The first-order valence-corrected chi connectivity index (χ1v) is 14.1. The molecule has 3 atom stereocenters. The number of methoxy groups -OCH3 is 2. The summed E-state index contributed by atoms with van der Waals surface area (Å²) in [6, 6.07) is 12.5. The van der Waals surface area contributed by atoms with Gasteiger partial charge in [0.25, 0.3) is 0 Å². The Kier molecular flexibility index (Phi) is 13.3. The summed E-state index contributed by atoms with van der Waals surface area (Å²) >= 11 is 12.5. The minimum absolute atomic E-state index is 0.0850. The number of carbonyl (C=O) groups excluding carboxylic acids is 1. The summed E-state index contributed by atoms with van der Waals surface area (Å²) in [5.41, 5.74) is 7.36. The molecule has 0 unspecified atom stereocenters. The van der Waals surface area contributed by atoms with E-state index >= 15 is 0 Å². The summed E-state index contributed by atoms with van der Waals surface area (Å²) in [5, 5.41) is 11.4. The zero-order valence-electron chi connectivity index (χ0n) is 24.0. The molecule has 0 aliphatic carbocycles. The molecule has 0 spiro atoms. The molecule has 218 valence electrons. The van der Waals surface area contributed by atoms with Gasteiger partial charge in [0.1, 0.15) is 0 Å². The highest BCUT2D eigenvalue weighted by Gasteiger charge is 2.35. The third-order valence-electron chi connectivity index (χ3n) is 7.14. The van der Waals surface area contributed by atoms with Gasteiger partial charge in [-0.05, 0) is 73.9 Å². The fraction of sp³-hybridized carbons (Fsp3) is 0.567. The van der Waals surface area contributed by atoms with Crippen molar-refractivity contribution in [1.82, 2.24) is 4.42 Å². The zero-order valence-corrected chi connectivity index (χ0v) is 25.5. The van der Waals surface area contributed by atoms with Crippen LogP contribution in [0.2, 0.25) is 5.02 Å². The lowest BCUT2D eigenvalue weighted by Gasteiger charge is -2.32. The molecule has 2 aromatic rings. The van der Waals surface area contributed by atoms with Gasteiger partial charge in [-0.1, -0.05) is 43.6 Å². The second-order valence-corrected chi connectivity index (χ2v) is 11.7. The topological polar surface area (TPSA) is 94.3 Å². The number of nitrogens with zero attached hydrogens (tertiary/aromatic N) is 1. The Hall–Kier alpha value is -2.03. The Morgan fingerprint density at radius 2 is 1.82 bits per heavy atom. The Balaban J connectivity index is 2.04. The molecule has 0 aromatic heterocycles. The number of benzene rings is 2. The SMILES string of the molecule is COCCCOc1cc(C[C@@H](C[C@H](N)[C@@H](O)CN(Cl)C(=O)C(C)(C)c2cccc(Cl)c2)C(C)C)ccc1OC. The lowest BCUT2D eigenvalue weighted by molar-refractivity contribution is -0.132. The number of nitrogens with two attached hydrogens (primary N) is 1. The van der Waals surface area contributed by atoms with E-state index in [1.807, 2.05) is 24.3 Å². The zero-order chi connectivity index (χ0) is 29.2. The second kappa shape index (κ2) is 15.7. The first-order chi connectivity index (χ1) is 18.4. The van der Waals surface area contributed by atoms with Crippen LogP contribution in [0.1, 0.15) is 51.7 Å². The molecular weight excluding hydrogens is 539 g/mol. The van der Waals surface area contributed by atoms with Crippen molar-refractivity contribution < 1.29 is 24.1 Å². The van der Waals surface area contributed by atoms with Crippen LogP contribution in [0.25, 0.3) is 0 Å². The van der Waals surface area contributed by atoms with Crippen LogP contribution < -0.4 is 15.2 Å². The molecule has 2 aromatic carbocycles. The van der Waals surface area contributed by atoms with E-state index in [1.165, 1.54) is 0 Å². The average molecular weight is 584 g/mol. The molecule has 0 aliphatic rings. The van der Waals surface area contributed by atoms with Gasteiger partial charge in [0.2, 0.25) is 5.91 Å². The van der Waals surface area contributed by atoms with Crippen LogP contribution in [0, 0.1) is 11.8 Å². The largest absolute Gasteiger partial charge is 0.493 e. The van der Waals surface area contributed by atoms with Crippen molar-refractivity contribution >= 4 is 29.3 Å². The molecule has 0 fully saturated rings. The fourth-order valence-electron chi connectivity index (χ4n) is 4.43. The summed E-state index contributed by atoms with van der Waals surface area (Å²) < 4.78 is 17.5. The molecule has 0 saturated heterocycles. The predicted molar refractivity (Wildman–Crippen MR) is 158 cm³/mol. The summed E-state index contributed by atoms with van der Waals surface area (Å²) in [5.74, 6) is 1.53. The number of aliphatic hydroxyl groups excluding tert-OH is 1. The maximum atomic E-state index is 13.2. The van der Waals surface area contributed by atoms with Gasteiger partial charge in [0, 0.05) is 43.0 Å². The molecule has 0 aliphatic heterocycles. The Bertz CT molecular complexity index is 1050. The normalized spacial score (nSPS) is 14.1. The van der Waals surface area contributed by atoms with E-state index in [4.69, 9.17) is 43.3 Å². The van der Waals surface area contributed by atoms with Crippen molar-refractivity contribution in [3.8, 4) is 11.5 Å². The van der Waals surface area contributed by atoms with Gasteiger partial charge in [-0.3, -0.25) is 9.21 Å². The van der Waals surface area contributed by atoms with E-state index in [1.54, 1.807) is 46.3 Å². The number of amides is 1. The quantitative estimate of drug-likeness (QED) is 0.197.